The molecule has 0 unspecified atom stereocenters. The zero-order chi connectivity index (χ0) is 21.9. The van der Waals surface area contributed by atoms with Gasteiger partial charge in [-0.05, 0) is 56.4 Å². The van der Waals surface area contributed by atoms with Crippen LogP contribution in [0.4, 0.5) is 13.2 Å². The van der Waals surface area contributed by atoms with Crippen LogP contribution in [0.25, 0.3) is 0 Å². The maximum absolute atomic E-state index is 12.2. The average molecular weight is 458 g/mol. The highest BCUT2D eigenvalue weighted by molar-refractivity contribution is 6.30. The molecule has 0 atom stereocenters. The zero-order valence-corrected chi connectivity index (χ0v) is 17.0. The lowest BCUT2D eigenvalue weighted by Gasteiger charge is -2.68. The summed E-state index contributed by atoms with van der Waals surface area (Å²) in [7, 11) is 0. The van der Waals surface area contributed by atoms with Crippen LogP contribution in [-0.2, 0) is 14.9 Å². The Morgan fingerprint density at radius 2 is 1.87 bits per heavy atom. The number of halogens is 4. The predicted molar refractivity (Wildman–Crippen MR) is 101 cm³/mol. The van der Waals surface area contributed by atoms with Crippen LogP contribution in [0.15, 0.2) is 28.7 Å². The fraction of sp³-hybridized carbons (Fsp3) is 0.550. The molecule has 4 fully saturated rings. The molecule has 1 N–H and O–H groups in total. The summed E-state index contributed by atoms with van der Waals surface area (Å²) in [5, 5.41) is 11.7. The molecule has 6 rings (SSSR count). The summed E-state index contributed by atoms with van der Waals surface area (Å²) in [6.45, 7) is -0.0933. The van der Waals surface area contributed by atoms with Crippen LogP contribution >= 0.6 is 11.6 Å². The first-order valence-corrected chi connectivity index (χ1v) is 10.3. The van der Waals surface area contributed by atoms with E-state index in [9.17, 15) is 18.0 Å². The molecule has 0 spiro atoms. The summed E-state index contributed by atoms with van der Waals surface area (Å²) in [6, 6.07) is 6.76. The molecule has 0 radical (unpaired) electrons. The van der Waals surface area contributed by atoms with E-state index in [1.807, 2.05) is 0 Å². The Hall–Kier alpha value is -2.33. The van der Waals surface area contributed by atoms with Crippen LogP contribution in [0.3, 0.4) is 0 Å². The normalized spacial score (nSPS) is 31.2. The molecule has 0 saturated heterocycles. The number of ether oxygens (including phenoxy) is 2. The number of nitrogens with zero attached hydrogens (tertiary/aromatic N) is 2. The van der Waals surface area contributed by atoms with Gasteiger partial charge in [-0.15, -0.1) is 23.4 Å². The molecule has 166 valence electrons. The van der Waals surface area contributed by atoms with Gasteiger partial charge in [0, 0.05) is 16.5 Å². The van der Waals surface area contributed by atoms with Gasteiger partial charge in [0.25, 0.3) is 5.91 Å². The summed E-state index contributed by atoms with van der Waals surface area (Å²) < 4.78 is 51.9. The molecule has 2 aromatic rings. The van der Waals surface area contributed by atoms with E-state index in [1.165, 1.54) is 0 Å². The number of carbonyl (C=O) groups is 1. The molecule has 1 aromatic carbocycles. The van der Waals surface area contributed by atoms with E-state index in [0.29, 0.717) is 41.8 Å². The molecule has 31 heavy (non-hydrogen) atoms. The standard InChI is InChI=1S/C20H19ClF3N3O4/c21-12-1-3-13(4-2-12)29-7-15(28)25-19-8-18(9-19,10-19)17-27-26-16(30-17)11-5-14(6-11)31-20(22,23)24/h1-4,11,14H,5-10H2,(H,25,28)/t11-,14-,18?,19?. The lowest BCUT2D eigenvalue weighted by molar-refractivity contribution is -0.352. The quantitative estimate of drug-likeness (QED) is 0.679. The van der Waals surface area contributed by atoms with E-state index in [1.54, 1.807) is 24.3 Å². The molecule has 0 aliphatic heterocycles. The highest BCUT2D eigenvalue weighted by Crippen LogP contribution is 2.67. The highest BCUT2D eigenvalue weighted by atomic mass is 35.5. The van der Waals surface area contributed by atoms with E-state index in [-0.39, 0.29) is 42.2 Å². The van der Waals surface area contributed by atoms with Crippen molar-refractivity contribution in [1.82, 2.24) is 15.5 Å². The van der Waals surface area contributed by atoms with Crippen molar-refractivity contribution in [3.8, 4) is 5.75 Å². The van der Waals surface area contributed by atoms with Crippen LogP contribution in [-0.4, -0.2) is 40.7 Å². The summed E-state index contributed by atoms with van der Waals surface area (Å²) in [6.07, 6.45) is -2.98. The van der Waals surface area contributed by atoms with Crippen molar-refractivity contribution in [2.24, 2.45) is 0 Å². The third-order valence-corrected chi connectivity index (χ3v) is 6.51. The maximum atomic E-state index is 12.2. The van der Waals surface area contributed by atoms with E-state index in [0.717, 1.165) is 0 Å². The van der Waals surface area contributed by atoms with Crippen molar-refractivity contribution in [3.05, 3.63) is 41.1 Å². The maximum Gasteiger partial charge on any atom is 0.522 e. The molecule has 11 heteroatoms. The molecule has 1 amide bonds. The molecule has 7 nitrogen and oxygen atoms in total. The van der Waals surface area contributed by atoms with Gasteiger partial charge < -0.3 is 14.5 Å². The highest BCUT2D eigenvalue weighted by Gasteiger charge is 2.72. The third-order valence-electron chi connectivity index (χ3n) is 6.26. The molecule has 4 saturated carbocycles. The topological polar surface area (TPSA) is 86.5 Å². The molecular weight excluding hydrogens is 439 g/mol. The molecule has 4 aliphatic carbocycles. The second-order valence-electron chi connectivity index (χ2n) is 8.68. The van der Waals surface area contributed by atoms with Gasteiger partial charge in [-0.25, -0.2) is 0 Å². The van der Waals surface area contributed by atoms with Gasteiger partial charge in [-0.3, -0.25) is 9.53 Å². The zero-order valence-electron chi connectivity index (χ0n) is 16.2. The van der Waals surface area contributed by atoms with Crippen molar-refractivity contribution in [2.45, 2.75) is 61.4 Å². The molecule has 4 aliphatic rings. The van der Waals surface area contributed by atoms with Crippen molar-refractivity contribution in [2.75, 3.05) is 6.61 Å². The average Bonchev–Trinajstić information content (AvgIpc) is 3.07. The van der Waals surface area contributed by atoms with Gasteiger partial charge in [-0.1, -0.05) is 11.6 Å². The van der Waals surface area contributed by atoms with E-state index >= 15 is 0 Å². The number of aromatic nitrogens is 2. The molecule has 1 heterocycles. The van der Waals surface area contributed by atoms with Crippen LogP contribution in [0.1, 0.15) is 49.8 Å². The van der Waals surface area contributed by atoms with Gasteiger partial charge in [-0.2, -0.15) is 0 Å². The largest absolute Gasteiger partial charge is 0.522 e. The Morgan fingerprint density at radius 3 is 2.52 bits per heavy atom. The number of benzene rings is 1. The van der Waals surface area contributed by atoms with E-state index in [2.05, 4.69) is 20.3 Å². The molecule has 2 bridgehead atoms. The van der Waals surface area contributed by atoms with Crippen LogP contribution in [0.2, 0.25) is 5.02 Å². The lowest BCUT2D eigenvalue weighted by Crippen LogP contribution is -2.77. The number of nitrogens with one attached hydrogen (secondary N) is 1. The Labute approximate surface area is 180 Å². The number of carbonyl (C=O) groups excluding carboxylic acids is 1. The van der Waals surface area contributed by atoms with Crippen LogP contribution in [0.5, 0.6) is 5.75 Å². The van der Waals surface area contributed by atoms with Gasteiger partial charge in [0.05, 0.1) is 11.5 Å². The van der Waals surface area contributed by atoms with E-state index < -0.39 is 12.5 Å². The minimum Gasteiger partial charge on any atom is -0.484 e. The van der Waals surface area contributed by atoms with Crippen molar-refractivity contribution < 1.29 is 31.9 Å². The SMILES string of the molecule is O=C(COc1ccc(Cl)cc1)NC12CC(c3nnc([C@H]4C[C@H](OC(F)(F)F)C4)o3)(C1)C2. The van der Waals surface area contributed by atoms with Crippen molar-refractivity contribution in [1.29, 1.82) is 0 Å². The van der Waals surface area contributed by atoms with Crippen molar-refractivity contribution in [3.63, 3.8) is 0 Å². The summed E-state index contributed by atoms with van der Waals surface area (Å²) in [4.78, 5) is 12.2. The van der Waals surface area contributed by atoms with Crippen molar-refractivity contribution >= 4 is 17.5 Å². The smallest absolute Gasteiger partial charge is 0.484 e. The first-order valence-electron chi connectivity index (χ1n) is 9.92. The second-order valence-corrected chi connectivity index (χ2v) is 9.12. The van der Waals surface area contributed by atoms with Crippen LogP contribution in [0, 0.1) is 0 Å². The fourth-order valence-electron chi connectivity index (χ4n) is 4.83. The second kappa shape index (κ2) is 7.09. The number of amides is 1. The number of rotatable bonds is 7. The monoisotopic (exact) mass is 457 g/mol. The van der Waals surface area contributed by atoms with Gasteiger partial charge in [0.1, 0.15) is 5.75 Å². The Kier molecular flexibility index (Phi) is 4.71. The summed E-state index contributed by atoms with van der Waals surface area (Å²) in [5.74, 6) is 0.998. The number of alkyl halides is 3. The van der Waals surface area contributed by atoms with E-state index in [4.69, 9.17) is 20.8 Å². The molecular formula is C20H19ClF3N3O4. The number of hydrogen-bond acceptors (Lipinski definition) is 6. The fourth-order valence-corrected chi connectivity index (χ4v) is 4.95. The van der Waals surface area contributed by atoms with Gasteiger partial charge in [0.2, 0.25) is 11.8 Å². The Morgan fingerprint density at radius 1 is 1.19 bits per heavy atom. The Bertz CT molecular complexity index is 969. The van der Waals surface area contributed by atoms with Gasteiger partial charge in [0.15, 0.2) is 6.61 Å². The minimum atomic E-state index is -4.62. The van der Waals surface area contributed by atoms with Crippen LogP contribution < -0.4 is 10.1 Å². The lowest BCUT2D eigenvalue weighted by atomic mass is 9.39. The minimum absolute atomic E-state index is 0.0933. The first kappa shape index (κ1) is 20.6. The van der Waals surface area contributed by atoms with Gasteiger partial charge >= 0.3 is 6.36 Å². The predicted octanol–water partition coefficient (Wildman–Crippen LogP) is 3.87. The Balaban J connectivity index is 1.08. The summed E-state index contributed by atoms with van der Waals surface area (Å²) >= 11 is 5.82. The number of hydrogen-bond donors (Lipinski definition) is 1. The third kappa shape index (κ3) is 3.98. The summed E-state index contributed by atoms with van der Waals surface area (Å²) in [5.41, 5.74) is -0.529. The molecule has 1 aromatic heterocycles. The first-order chi connectivity index (χ1) is 14.6.